The lowest BCUT2D eigenvalue weighted by Crippen LogP contribution is -2.44. The summed E-state index contributed by atoms with van der Waals surface area (Å²) in [6.07, 6.45) is 0. The summed E-state index contributed by atoms with van der Waals surface area (Å²) in [7, 11) is 2.11. The third kappa shape index (κ3) is 4.37. The maximum absolute atomic E-state index is 12.6. The first-order chi connectivity index (χ1) is 12.8. The molecule has 2 aromatic carbocycles. The molecule has 1 amide bonds. The highest BCUT2D eigenvalue weighted by molar-refractivity contribution is 6.34. The third-order valence-electron chi connectivity index (χ3n) is 4.73. The number of nitro benzene ring substituents is 1. The predicted molar refractivity (Wildman–Crippen MR) is 107 cm³/mol. The lowest BCUT2D eigenvalue weighted by Gasteiger charge is -2.34. The minimum absolute atomic E-state index is 0.0772. The zero-order chi connectivity index (χ0) is 19.6. The highest BCUT2D eigenvalue weighted by Gasteiger charge is 2.18. The number of carbonyl (C=O) groups is 1. The van der Waals surface area contributed by atoms with Crippen molar-refractivity contribution in [1.29, 1.82) is 0 Å². The van der Waals surface area contributed by atoms with Crippen LogP contribution in [0.1, 0.15) is 15.9 Å². The molecule has 1 heterocycles. The van der Waals surface area contributed by atoms with E-state index in [1.807, 2.05) is 25.1 Å². The maximum atomic E-state index is 12.6. The van der Waals surface area contributed by atoms with Crippen LogP contribution in [-0.2, 0) is 0 Å². The molecule has 1 aliphatic heterocycles. The van der Waals surface area contributed by atoms with Crippen molar-refractivity contribution in [2.24, 2.45) is 0 Å². The van der Waals surface area contributed by atoms with Crippen LogP contribution in [0.4, 0.5) is 17.1 Å². The monoisotopic (exact) mass is 388 g/mol. The molecule has 8 heteroatoms. The van der Waals surface area contributed by atoms with Crippen LogP contribution in [0.15, 0.2) is 36.4 Å². The van der Waals surface area contributed by atoms with Crippen LogP contribution in [0, 0.1) is 17.0 Å². The Hall–Kier alpha value is -2.64. The van der Waals surface area contributed by atoms with Gasteiger partial charge in [-0.3, -0.25) is 14.9 Å². The van der Waals surface area contributed by atoms with Crippen molar-refractivity contribution < 1.29 is 9.72 Å². The van der Waals surface area contributed by atoms with Crippen LogP contribution < -0.4 is 10.2 Å². The van der Waals surface area contributed by atoms with E-state index in [2.05, 4.69) is 22.2 Å². The SMILES string of the molecule is Cc1cc(N2CCN(C)CC2)ccc1NC(=O)c1cc([N+](=O)[O-])ccc1Cl. The Balaban J connectivity index is 1.77. The highest BCUT2D eigenvalue weighted by atomic mass is 35.5. The van der Waals surface area contributed by atoms with Crippen molar-refractivity contribution in [3.63, 3.8) is 0 Å². The first-order valence-electron chi connectivity index (χ1n) is 8.64. The van der Waals surface area contributed by atoms with Gasteiger partial charge in [0.1, 0.15) is 0 Å². The second-order valence-electron chi connectivity index (χ2n) is 6.66. The van der Waals surface area contributed by atoms with Crippen LogP contribution in [0.3, 0.4) is 0 Å². The van der Waals surface area contributed by atoms with Gasteiger partial charge in [-0.1, -0.05) is 11.6 Å². The van der Waals surface area contributed by atoms with E-state index in [1.54, 1.807) is 0 Å². The van der Waals surface area contributed by atoms with Gasteiger partial charge in [0.05, 0.1) is 15.5 Å². The summed E-state index contributed by atoms with van der Waals surface area (Å²) in [5.74, 6) is -0.473. The maximum Gasteiger partial charge on any atom is 0.270 e. The summed E-state index contributed by atoms with van der Waals surface area (Å²) >= 11 is 6.05. The summed E-state index contributed by atoms with van der Waals surface area (Å²) in [4.78, 5) is 27.5. The highest BCUT2D eigenvalue weighted by Crippen LogP contribution is 2.26. The fourth-order valence-corrected chi connectivity index (χ4v) is 3.24. The van der Waals surface area contributed by atoms with Crippen LogP contribution in [0.2, 0.25) is 5.02 Å². The van der Waals surface area contributed by atoms with Crippen LogP contribution in [0.25, 0.3) is 0 Å². The number of nitro groups is 1. The number of likely N-dealkylation sites (N-methyl/N-ethyl adjacent to an activating group) is 1. The van der Waals surface area contributed by atoms with Crippen LogP contribution in [-0.4, -0.2) is 49.0 Å². The number of aryl methyl sites for hydroxylation is 1. The van der Waals surface area contributed by atoms with Crippen LogP contribution >= 0.6 is 11.6 Å². The molecule has 0 bridgehead atoms. The zero-order valence-electron chi connectivity index (χ0n) is 15.2. The second kappa shape index (κ2) is 7.94. The normalized spacial score (nSPS) is 14.9. The number of rotatable bonds is 4. The Kier molecular flexibility index (Phi) is 5.62. The van der Waals surface area contributed by atoms with Crippen molar-refractivity contribution in [1.82, 2.24) is 4.90 Å². The smallest absolute Gasteiger partial charge is 0.270 e. The van der Waals surface area contributed by atoms with Crippen LogP contribution in [0.5, 0.6) is 0 Å². The molecule has 0 aromatic heterocycles. The largest absolute Gasteiger partial charge is 0.369 e. The summed E-state index contributed by atoms with van der Waals surface area (Å²) in [5, 5.41) is 13.9. The van der Waals surface area contributed by atoms with Gasteiger partial charge in [0.15, 0.2) is 0 Å². The van der Waals surface area contributed by atoms with Gasteiger partial charge >= 0.3 is 0 Å². The number of hydrogen-bond acceptors (Lipinski definition) is 5. The van der Waals surface area contributed by atoms with Gasteiger partial charge in [-0.25, -0.2) is 0 Å². The van der Waals surface area contributed by atoms with E-state index in [1.165, 1.54) is 18.2 Å². The molecular weight excluding hydrogens is 368 g/mol. The molecule has 0 atom stereocenters. The summed E-state index contributed by atoms with van der Waals surface area (Å²) in [6.45, 7) is 5.88. The molecule has 0 saturated carbocycles. The first-order valence-corrected chi connectivity index (χ1v) is 9.02. The van der Waals surface area contributed by atoms with E-state index in [0.29, 0.717) is 5.69 Å². The molecule has 2 aromatic rings. The number of hydrogen-bond donors (Lipinski definition) is 1. The Labute approximate surface area is 162 Å². The average molecular weight is 389 g/mol. The Bertz CT molecular complexity index is 879. The summed E-state index contributed by atoms with van der Waals surface area (Å²) < 4.78 is 0. The standard InChI is InChI=1S/C19H21ClN4O3/c1-13-11-14(23-9-7-22(2)8-10-23)4-6-18(13)21-19(25)16-12-15(24(26)27)3-5-17(16)20/h3-6,11-12H,7-10H2,1-2H3,(H,21,25). The summed E-state index contributed by atoms with van der Waals surface area (Å²) in [5.41, 5.74) is 2.59. The van der Waals surface area contributed by atoms with E-state index in [4.69, 9.17) is 11.6 Å². The molecule has 0 unspecified atom stereocenters. The Morgan fingerprint density at radius 2 is 1.85 bits per heavy atom. The lowest BCUT2D eigenvalue weighted by atomic mass is 10.1. The molecule has 142 valence electrons. The van der Waals surface area contributed by atoms with Crippen molar-refractivity contribution in [3.8, 4) is 0 Å². The van der Waals surface area contributed by atoms with E-state index < -0.39 is 10.8 Å². The Morgan fingerprint density at radius 1 is 1.15 bits per heavy atom. The van der Waals surface area contributed by atoms with Gasteiger partial charge in [-0.2, -0.15) is 0 Å². The number of amides is 1. The van der Waals surface area contributed by atoms with Crippen molar-refractivity contribution >= 4 is 34.6 Å². The van der Waals surface area contributed by atoms with Crippen molar-refractivity contribution in [3.05, 3.63) is 62.7 Å². The van der Waals surface area contributed by atoms with Crippen molar-refractivity contribution in [2.75, 3.05) is 43.4 Å². The quantitative estimate of drug-likeness (QED) is 0.640. The number of nitrogens with one attached hydrogen (secondary N) is 1. The van der Waals surface area contributed by atoms with Gasteiger partial charge < -0.3 is 15.1 Å². The van der Waals surface area contributed by atoms with E-state index >= 15 is 0 Å². The van der Waals surface area contributed by atoms with Gasteiger partial charge in [0.2, 0.25) is 0 Å². The molecule has 1 N–H and O–H groups in total. The number of benzene rings is 2. The number of carbonyl (C=O) groups excluding carboxylic acids is 1. The first kappa shape index (κ1) is 19.1. The molecule has 0 radical (unpaired) electrons. The third-order valence-corrected chi connectivity index (χ3v) is 5.06. The van der Waals surface area contributed by atoms with E-state index in [0.717, 1.165) is 37.4 Å². The molecule has 1 fully saturated rings. The zero-order valence-corrected chi connectivity index (χ0v) is 16.0. The Morgan fingerprint density at radius 3 is 2.48 bits per heavy atom. The molecule has 3 rings (SSSR count). The van der Waals surface area contributed by atoms with Gasteiger partial charge in [0, 0.05) is 49.7 Å². The van der Waals surface area contributed by atoms with E-state index in [-0.39, 0.29) is 16.3 Å². The van der Waals surface area contributed by atoms with Gasteiger partial charge in [-0.05, 0) is 43.8 Å². The topological polar surface area (TPSA) is 78.7 Å². The lowest BCUT2D eigenvalue weighted by molar-refractivity contribution is -0.384. The number of piperazine rings is 1. The average Bonchev–Trinajstić information content (AvgIpc) is 2.64. The molecular formula is C19H21ClN4O3. The molecule has 0 aliphatic carbocycles. The van der Waals surface area contributed by atoms with Gasteiger partial charge in [0.25, 0.3) is 11.6 Å². The molecule has 27 heavy (non-hydrogen) atoms. The second-order valence-corrected chi connectivity index (χ2v) is 7.07. The number of non-ortho nitro benzene ring substituents is 1. The van der Waals surface area contributed by atoms with Gasteiger partial charge in [-0.15, -0.1) is 0 Å². The fourth-order valence-electron chi connectivity index (χ4n) is 3.04. The molecule has 7 nitrogen and oxygen atoms in total. The fraction of sp³-hybridized carbons (Fsp3) is 0.316. The predicted octanol–water partition coefficient (Wildman–Crippen LogP) is 3.56. The molecule has 1 aliphatic rings. The number of nitrogens with zero attached hydrogens (tertiary/aromatic N) is 3. The minimum atomic E-state index is -0.552. The van der Waals surface area contributed by atoms with Crippen molar-refractivity contribution in [2.45, 2.75) is 6.92 Å². The molecule has 1 saturated heterocycles. The summed E-state index contributed by atoms with van der Waals surface area (Å²) in [6, 6.07) is 9.68. The number of anilines is 2. The minimum Gasteiger partial charge on any atom is -0.369 e. The number of halogens is 1. The molecule has 0 spiro atoms. The van der Waals surface area contributed by atoms with E-state index in [9.17, 15) is 14.9 Å².